The molecule has 0 aliphatic carbocycles. The van der Waals surface area contributed by atoms with Gasteiger partial charge in [-0.05, 0) is 49.2 Å². The first-order valence-corrected chi connectivity index (χ1v) is 9.41. The van der Waals surface area contributed by atoms with Crippen molar-refractivity contribution in [3.8, 4) is 11.5 Å². The van der Waals surface area contributed by atoms with Gasteiger partial charge in [0.25, 0.3) is 0 Å². The first-order valence-electron chi connectivity index (χ1n) is 9.41. The van der Waals surface area contributed by atoms with Crippen LogP contribution in [0.2, 0.25) is 0 Å². The lowest BCUT2D eigenvalue weighted by atomic mass is 9.97. The third kappa shape index (κ3) is 3.03. The number of hydrogen-bond acceptors (Lipinski definition) is 4. The summed E-state index contributed by atoms with van der Waals surface area (Å²) < 4.78 is 11.3. The molecule has 0 saturated carbocycles. The monoisotopic (exact) mass is 349 g/mol. The number of fused-ring (bicyclic) bond motifs is 2. The second-order valence-electron chi connectivity index (χ2n) is 7.19. The zero-order valence-corrected chi connectivity index (χ0v) is 14.8. The molecule has 5 heteroatoms. The Bertz CT molecular complexity index is 888. The molecule has 26 heavy (non-hydrogen) atoms. The van der Waals surface area contributed by atoms with Crippen LogP contribution < -0.4 is 9.47 Å². The molecule has 2 aliphatic rings. The number of imidazole rings is 1. The number of para-hydroxylation sites is 2. The molecule has 0 unspecified atom stereocenters. The molecule has 0 radical (unpaired) electrons. The third-order valence-electron chi connectivity index (χ3n) is 5.31. The number of piperidine rings is 1. The van der Waals surface area contributed by atoms with Gasteiger partial charge in [-0.25, -0.2) is 4.98 Å². The van der Waals surface area contributed by atoms with Crippen LogP contribution >= 0.6 is 0 Å². The lowest BCUT2D eigenvalue weighted by Crippen LogP contribution is -2.34. The van der Waals surface area contributed by atoms with E-state index in [9.17, 15) is 0 Å². The maximum atomic E-state index is 5.72. The Morgan fingerprint density at radius 1 is 1.08 bits per heavy atom. The fourth-order valence-electron chi connectivity index (χ4n) is 4.03. The van der Waals surface area contributed by atoms with E-state index < -0.39 is 0 Å². The molecule has 2 aromatic carbocycles. The average molecular weight is 349 g/mol. The van der Waals surface area contributed by atoms with Crippen molar-refractivity contribution in [3.63, 3.8) is 0 Å². The molecule has 0 spiro atoms. The van der Waals surface area contributed by atoms with Crippen molar-refractivity contribution in [1.29, 1.82) is 0 Å². The molecule has 1 N–H and O–H groups in total. The van der Waals surface area contributed by atoms with E-state index in [1.54, 1.807) is 0 Å². The lowest BCUT2D eigenvalue weighted by molar-refractivity contribution is 0.170. The summed E-state index contributed by atoms with van der Waals surface area (Å²) in [5, 5.41) is 0. The van der Waals surface area contributed by atoms with E-state index in [2.05, 4.69) is 40.2 Å². The Hall–Kier alpha value is -2.53. The highest BCUT2D eigenvalue weighted by atomic mass is 16.6. The summed E-state index contributed by atoms with van der Waals surface area (Å²) in [5.41, 5.74) is 3.47. The van der Waals surface area contributed by atoms with Crippen LogP contribution in [0.15, 0.2) is 42.5 Å². The lowest BCUT2D eigenvalue weighted by Gasteiger charge is -2.32. The predicted molar refractivity (Wildman–Crippen MR) is 101 cm³/mol. The average Bonchev–Trinajstić information content (AvgIpc) is 3.12. The summed E-state index contributed by atoms with van der Waals surface area (Å²) >= 11 is 0. The van der Waals surface area contributed by atoms with E-state index in [-0.39, 0.29) is 0 Å². The Kier molecular flexibility index (Phi) is 4.02. The number of benzene rings is 2. The van der Waals surface area contributed by atoms with E-state index in [0.29, 0.717) is 19.1 Å². The highest BCUT2D eigenvalue weighted by Crippen LogP contribution is 2.32. The second kappa shape index (κ2) is 6.65. The van der Waals surface area contributed by atoms with Gasteiger partial charge in [-0.1, -0.05) is 18.2 Å². The number of nitrogens with one attached hydrogen (secondary N) is 1. The zero-order valence-electron chi connectivity index (χ0n) is 14.8. The van der Waals surface area contributed by atoms with Crippen molar-refractivity contribution < 1.29 is 9.47 Å². The molecule has 3 aromatic rings. The minimum atomic E-state index is 0.466. The molecule has 0 bridgehead atoms. The van der Waals surface area contributed by atoms with Gasteiger partial charge in [0.1, 0.15) is 19.0 Å². The van der Waals surface area contributed by atoms with Crippen LogP contribution in [0.4, 0.5) is 0 Å². The quantitative estimate of drug-likeness (QED) is 0.783. The maximum absolute atomic E-state index is 5.72. The molecule has 1 aromatic heterocycles. The SMILES string of the molecule is c1ccc2[nH]c([C@@H]3CCCN(Cc4ccc5c(c4)OCCO5)C3)nc2c1. The Balaban J connectivity index is 1.31. The Morgan fingerprint density at radius 2 is 1.96 bits per heavy atom. The molecule has 1 atom stereocenters. The molecule has 5 rings (SSSR count). The summed E-state index contributed by atoms with van der Waals surface area (Å²) in [6, 6.07) is 14.6. The molecular formula is C21H23N3O2. The summed E-state index contributed by atoms with van der Waals surface area (Å²) in [4.78, 5) is 10.9. The predicted octanol–water partition coefficient (Wildman–Crippen LogP) is 3.71. The van der Waals surface area contributed by atoms with Gasteiger partial charge in [0.15, 0.2) is 11.5 Å². The second-order valence-corrected chi connectivity index (χ2v) is 7.19. The van der Waals surface area contributed by atoms with Crippen molar-refractivity contribution in [2.75, 3.05) is 26.3 Å². The Morgan fingerprint density at radius 3 is 2.88 bits per heavy atom. The summed E-state index contributed by atoms with van der Waals surface area (Å²) in [6.07, 6.45) is 2.39. The van der Waals surface area contributed by atoms with Crippen molar-refractivity contribution >= 4 is 11.0 Å². The summed E-state index contributed by atoms with van der Waals surface area (Å²) in [7, 11) is 0. The number of ether oxygens (including phenoxy) is 2. The molecular weight excluding hydrogens is 326 g/mol. The van der Waals surface area contributed by atoms with Crippen molar-refractivity contribution in [2.24, 2.45) is 0 Å². The van der Waals surface area contributed by atoms with Gasteiger partial charge in [-0.2, -0.15) is 0 Å². The smallest absolute Gasteiger partial charge is 0.161 e. The number of nitrogens with zero attached hydrogens (tertiary/aromatic N) is 2. The molecule has 3 heterocycles. The standard InChI is InChI=1S/C21H23N3O2/c1-2-6-18-17(5-1)22-21(23-18)16-4-3-9-24(14-16)13-15-7-8-19-20(12-15)26-11-10-25-19/h1-2,5-8,12,16H,3-4,9-11,13-14H2,(H,22,23)/t16-/m1/s1. The highest BCUT2D eigenvalue weighted by Gasteiger charge is 2.24. The van der Waals surface area contributed by atoms with Crippen LogP contribution in [-0.2, 0) is 6.54 Å². The van der Waals surface area contributed by atoms with E-state index in [1.807, 2.05) is 12.1 Å². The highest BCUT2D eigenvalue weighted by molar-refractivity contribution is 5.74. The van der Waals surface area contributed by atoms with E-state index in [1.165, 1.54) is 18.4 Å². The largest absolute Gasteiger partial charge is 0.486 e. The normalized spacial score (nSPS) is 20.4. The van der Waals surface area contributed by atoms with E-state index in [4.69, 9.17) is 14.5 Å². The number of aromatic nitrogens is 2. The van der Waals surface area contributed by atoms with Gasteiger partial charge in [0.2, 0.25) is 0 Å². The first kappa shape index (κ1) is 15.7. The number of rotatable bonds is 3. The molecule has 0 amide bonds. The maximum Gasteiger partial charge on any atom is 0.161 e. The number of likely N-dealkylation sites (tertiary alicyclic amines) is 1. The minimum Gasteiger partial charge on any atom is -0.486 e. The van der Waals surface area contributed by atoms with Gasteiger partial charge in [-0.3, -0.25) is 4.90 Å². The fourth-order valence-corrected chi connectivity index (χ4v) is 4.03. The van der Waals surface area contributed by atoms with Crippen LogP contribution in [0.25, 0.3) is 11.0 Å². The van der Waals surface area contributed by atoms with Crippen LogP contribution in [0.1, 0.15) is 30.1 Å². The summed E-state index contributed by atoms with van der Waals surface area (Å²) in [5.74, 6) is 3.32. The van der Waals surface area contributed by atoms with Crippen molar-refractivity contribution in [1.82, 2.24) is 14.9 Å². The van der Waals surface area contributed by atoms with Crippen LogP contribution in [0.5, 0.6) is 11.5 Å². The molecule has 134 valence electrons. The van der Waals surface area contributed by atoms with E-state index >= 15 is 0 Å². The fraction of sp³-hybridized carbons (Fsp3) is 0.381. The van der Waals surface area contributed by atoms with Gasteiger partial charge in [0.05, 0.1) is 11.0 Å². The van der Waals surface area contributed by atoms with Crippen LogP contribution in [0, 0.1) is 0 Å². The third-order valence-corrected chi connectivity index (χ3v) is 5.31. The number of hydrogen-bond donors (Lipinski definition) is 1. The molecule has 1 fully saturated rings. The Labute approximate surface area is 152 Å². The molecule has 5 nitrogen and oxygen atoms in total. The molecule has 2 aliphatic heterocycles. The topological polar surface area (TPSA) is 50.4 Å². The molecule has 1 saturated heterocycles. The van der Waals surface area contributed by atoms with Gasteiger partial charge in [-0.15, -0.1) is 0 Å². The summed E-state index contributed by atoms with van der Waals surface area (Å²) in [6.45, 7) is 4.37. The van der Waals surface area contributed by atoms with Crippen molar-refractivity contribution in [2.45, 2.75) is 25.3 Å². The number of aromatic amines is 1. The van der Waals surface area contributed by atoms with E-state index in [0.717, 1.165) is 48.0 Å². The van der Waals surface area contributed by atoms with Gasteiger partial charge < -0.3 is 14.5 Å². The number of H-pyrrole nitrogens is 1. The zero-order chi connectivity index (χ0) is 17.3. The minimum absolute atomic E-state index is 0.466. The van der Waals surface area contributed by atoms with Gasteiger partial charge >= 0.3 is 0 Å². The van der Waals surface area contributed by atoms with Crippen LogP contribution in [0.3, 0.4) is 0 Å². The van der Waals surface area contributed by atoms with Crippen molar-refractivity contribution in [3.05, 3.63) is 53.9 Å². The van der Waals surface area contributed by atoms with Gasteiger partial charge in [0, 0.05) is 19.0 Å². The van der Waals surface area contributed by atoms with Crippen LogP contribution in [-0.4, -0.2) is 41.2 Å². The first-order chi connectivity index (χ1) is 12.8.